The van der Waals surface area contributed by atoms with Crippen LogP contribution >= 0.6 is 12.6 Å². The van der Waals surface area contributed by atoms with Gasteiger partial charge in [-0.2, -0.15) is 17.7 Å². The molecule has 0 radical (unpaired) electrons. The van der Waals surface area contributed by atoms with Crippen LogP contribution in [0.15, 0.2) is 102 Å². The second kappa shape index (κ2) is 10.7. The molecule has 5 aromatic rings. The highest BCUT2D eigenvalue weighted by atomic mass is 32.1. The Balaban J connectivity index is 1.37. The second-order valence-electron chi connectivity index (χ2n) is 9.35. The van der Waals surface area contributed by atoms with Crippen molar-refractivity contribution in [2.24, 2.45) is 5.10 Å². The lowest BCUT2D eigenvalue weighted by Gasteiger charge is -2.23. The van der Waals surface area contributed by atoms with Crippen molar-refractivity contribution in [2.75, 3.05) is 10.8 Å². The second-order valence-corrected chi connectivity index (χ2v) is 9.79. The first kappa shape index (κ1) is 24.8. The number of hydrogen-bond acceptors (Lipinski definition) is 7. The molecule has 0 spiro atoms. The van der Waals surface area contributed by atoms with Gasteiger partial charge in [-0.1, -0.05) is 60.7 Å². The molecule has 1 aliphatic heterocycles. The van der Waals surface area contributed by atoms with Crippen molar-refractivity contribution in [3.63, 3.8) is 0 Å². The number of carboxylic acids is 1. The molecule has 0 bridgehead atoms. The van der Waals surface area contributed by atoms with E-state index < -0.39 is 5.97 Å². The van der Waals surface area contributed by atoms with Gasteiger partial charge in [-0.25, -0.2) is 19.8 Å². The number of fused-ring (bicyclic) bond motifs is 1. The number of thiol groups is 1. The molecule has 0 fully saturated rings. The van der Waals surface area contributed by atoms with Gasteiger partial charge in [0.15, 0.2) is 0 Å². The molecule has 39 heavy (non-hydrogen) atoms. The van der Waals surface area contributed by atoms with Crippen LogP contribution in [0, 0.1) is 0 Å². The van der Waals surface area contributed by atoms with Crippen LogP contribution in [0.5, 0.6) is 0 Å². The van der Waals surface area contributed by atoms with Crippen molar-refractivity contribution in [1.82, 2.24) is 15.0 Å². The Kier molecular flexibility index (Phi) is 6.77. The van der Waals surface area contributed by atoms with E-state index in [1.807, 2.05) is 41.4 Å². The standard InChI is InChI=1S/C31H25N5O2S/c37-31(38)24-12-14-32-30(17-24)36-29(22-8-6-21(7-9-22)20-4-2-1-3-5-20)18-27(35-36)23-10-11-26-28(16-23)33-19-25(34-26)13-15-39/h1-12,14,16-17,19,29,39H,13,15,18H2,(H,37,38). The molecule has 0 saturated carbocycles. The third-order valence-corrected chi connectivity index (χ3v) is 7.06. The first-order valence-electron chi connectivity index (χ1n) is 12.7. The fourth-order valence-corrected chi connectivity index (χ4v) is 5.05. The van der Waals surface area contributed by atoms with E-state index in [0.717, 1.165) is 56.9 Å². The van der Waals surface area contributed by atoms with Gasteiger partial charge in [0, 0.05) is 30.8 Å². The summed E-state index contributed by atoms with van der Waals surface area (Å²) in [7, 11) is 0. The van der Waals surface area contributed by atoms with Gasteiger partial charge in [0.2, 0.25) is 0 Å². The predicted molar refractivity (Wildman–Crippen MR) is 157 cm³/mol. The Morgan fingerprint density at radius 3 is 2.44 bits per heavy atom. The number of hydrogen-bond donors (Lipinski definition) is 2. The molecule has 1 N–H and O–H groups in total. The number of pyridine rings is 1. The number of rotatable bonds is 7. The van der Waals surface area contributed by atoms with E-state index in [4.69, 9.17) is 5.10 Å². The lowest BCUT2D eigenvalue weighted by atomic mass is 9.96. The summed E-state index contributed by atoms with van der Waals surface area (Å²) in [6.45, 7) is 0. The molecule has 1 aliphatic rings. The van der Waals surface area contributed by atoms with Crippen LogP contribution in [0.3, 0.4) is 0 Å². The number of nitrogens with zero attached hydrogens (tertiary/aromatic N) is 5. The summed E-state index contributed by atoms with van der Waals surface area (Å²) < 4.78 is 0. The minimum absolute atomic E-state index is 0.152. The molecule has 1 unspecified atom stereocenters. The molecular formula is C31H25N5O2S. The summed E-state index contributed by atoms with van der Waals surface area (Å²) in [5, 5.41) is 16.3. The quantitative estimate of drug-likeness (QED) is 0.242. The molecule has 6 rings (SSSR count). The topological polar surface area (TPSA) is 91.6 Å². The van der Waals surface area contributed by atoms with Crippen LogP contribution in [0.1, 0.15) is 39.6 Å². The van der Waals surface area contributed by atoms with Crippen molar-refractivity contribution in [1.29, 1.82) is 0 Å². The van der Waals surface area contributed by atoms with Gasteiger partial charge in [-0.15, -0.1) is 0 Å². The smallest absolute Gasteiger partial charge is 0.335 e. The highest BCUT2D eigenvalue weighted by molar-refractivity contribution is 7.80. The number of carboxylic acid groups (broad SMARTS) is 1. The van der Waals surface area contributed by atoms with Crippen LogP contribution in [0.25, 0.3) is 22.2 Å². The molecular weight excluding hydrogens is 506 g/mol. The van der Waals surface area contributed by atoms with E-state index in [0.29, 0.717) is 12.2 Å². The Morgan fingerprint density at radius 1 is 0.897 bits per heavy atom. The van der Waals surface area contributed by atoms with Gasteiger partial charge in [-0.3, -0.25) is 4.98 Å². The first-order chi connectivity index (χ1) is 19.1. The fraction of sp³-hybridized carbons (Fsp3) is 0.129. The maximum absolute atomic E-state index is 11.7. The molecule has 3 heterocycles. The Labute approximate surface area is 231 Å². The molecule has 0 saturated heterocycles. The normalized spacial score (nSPS) is 14.9. The summed E-state index contributed by atoms with van der Waals surface area (Å²) in [6.07, 6.45) is 4.70. The zero-order valence-corrected chi connectivity index (χ0v) is 21.9. The number of aryl methyl sites for hydroxylation is 1. The number of carbonyl (C=O) groups is 1. The van der Waals surface area contributed by atoms with Crippen molar-refractivity contribution in [3.05, 3.63) is 120 Å². The van der Waals surface area contributed by atoms with Crippen LogP contribution < -0.4 is 5.01 Å². The number of aromatic carboxylic acids is 1. The monoisotopic (exact) mass is 531 g/mol. The SMILES string of the molecule is O=C(O)c1ccnc(N2N=C(c3ccc4nc(CCS)cnc4c3)CC2c2ccc(-c3ccccc3)cc2)c1. The van der Waals surface area contributed by atoms with Crippen LogP contribution in [0.4, 0.5) is 5.82 Å². The highest BCUT2D eigenvalue weighted by Gasteiger charge is 2.31. The number of hydrazone groups is 1. The average molecular weight is 532 g/mol. The highest BCUT2D eigenvalue weighted by Crippen LogP contribution is 2.37. The first-order valence-corrected chi connectivity index (χ1v) is 13.3. The number of anilines is 1. The summed E-state index contributed by atoms with van der Waals surface area (Å²) in [6, 6.07) is 27.5. The van der Waals surface area contributed by atoms with Crippen molar-refractivity contribution >= 4 is 41.2 Å². The number of benzene rings is 3. The van der Waals surface area contributed by atoms with Gasteiger partial charge in [-0.05, 0) is 46.7 Å². The van der Waals surface area contributed by atoms with Gasteiger partial charge in [0.1, 0.15) is 5.82 Å². The fourth-order valence-electron chi connectivity index (χ4n) is 4.82. The van der Waals surface area contributed by atoms with Gasteiger partial charge in [0.25, 0.3) is 0 Å². The molecule has 192 valence electrons. The molecule has 3 aromatic carbocycles. The van der Waals surface area contributed by atoms with E-state index in [-0.39, 0.29) is 11.6 Å². The zero-order chi connectivity index (χ0) is 26.8. The van der Waals surface area contributed by atoms with E-state index in [9.17, 15) is 9.90 Å². The average Bonchev–Trinajstić information content (AvgIpc) is 3.43. The molecule has 1 atom stereocenters. The largest absolute Gasteiger partial charge is 0.478 e. The molecule has 0 amide bonds. The lowest BCUT2D eigenvalue weighted by Crippen LogP contribution is -2.20. The van der Waals surface area contributed by atoms with E-state index >= 15 is 0 Å². The third-order valence-electron chi connectivity index (χ3n) is 6.83. The third kappa shape index (κ3) is 5.11. The maximum atomic E-state index is 11.7. The minimum Gasteiger partial charge on any atom is -0.478 e. The Hall–Kier alpha value is -4.56. The lowest BCUT2D eigenvalue weighted by molar-refractivity contribution is 0.0696. The van der Waals surface area contributed by atoms with Gasteiger partial charge in [0.05, 0.1) is 34.0 Å². The Morgan fingerprint density at radius 2 is 1.67 bits per heavy atom. The van der Waals surface area contributed by atoms with Crippen molar-refractivity contribution in [3.8, 4) is 11.1 Å². The van der Waals surface area contributed by atoms with E-state index in [1.165, 1.54) is 12.3 Å². The van der Waals surface area contributed by atoms with Crippen LogP contribution in [-0.4, -0.2) is 37.5 Å². The van der Waals surface area contributed by atoms with Gasteiger partial charge < -0.3 is 5.11 Å². The summed E-state index contributed by atoms with van der Waals surface area (Å²) in [5.41, 5.74) is 7.87. The van der Waals surface area contributed by atoms with Crippen molar-refractivity contribution in [2.45, 2.75) is 18.9 Å². The molecule has 7 nitrogen and oxygen atoms in total. The summed E-state index contributed by atoms with van der Waals surface area (Å²) in [5.74, 6) is 0.200. The van der Waals surface area contributed by atoms with Gasteiger partial charge >= 0.3 is 5.97 Å². The molecule has 0 aliphatic carbocycles. The summed E-state index contributed by atoms with van der Waals surface area (Å²) >= 11 is 4.29. The summed E-state index contributed by atoms with van der Waals surface area (Å²) in [4.78, 5) is 25.4. The number of aromatic nitrogens is 3. The van der Waals surface area contributed by atoms with Crippen molar-refractivity contribution < 1.29 is 9.90 Å². The maximum Gasteiger partial charge on any atom is 0.335 e. The molecule has 2 aromatic heterocycles. The predicted octanol–water partition coefficient (Wildman–Crippen LogP) is 6.22. The van der Waals surface area contributed by atoms with Crippen LogP contribution in [-0.2, 0) is 6.42 Å². The molecule has 8 heteroatoms. The van der Waals surface area contributed by atoms with E-state index in [1.54, 1.807) is 12.3 Å². The Bertz CT molecular complexity index is 1690. The van der Waals surface area contributed by atoms with E-state index in [2.05, 4.69) is 64.0 Å². The minimum atomic E-state index is -1.00. The van der Waals surface area contributed by atoms with Crippen LogP contribution in [0.2, 0.25) is 0 Å². The zero-order valence-electron chi connectivity index (χ0n) is 21.0.